The number of aromatic nitrogens is 2. The van der Waals surface area contributed by atoms with Crippen molar-refractivity contribution in [2.45, 2.75) is 64.3 Å². The van der Waals surface area contributed by atoms with Crippen LogP contribution >= 0.6 is 11.8 Å². The van der Waals surface area contributed by atoms with Crippen molar-refractivity contribution in [1.82, 2.24) is 14.9 Å². The van der Waals surface area contributed by atoms with Gasteiger partial charge in [0.25, 0.3) is 0 Å². The number of ether oxygens (including phenoxy) is 3. The lowest BCUT2D eigenvalue weighted by Gasteiger charge is -2.51. The Labute approximate surface area is 228 Å². The van der Waals surface area contributed by atoms with E-state index >= 15 is 0 Å². The summed E-state index contributed by atoms with van der Waals surface area (Å²) in [6.07, 6.45) is 5.22. The highest BCUT2D eigenvalue weighted by molar-refractivity contribution is 7.99. The molecule has 0 bridgehead atoms. The number of thioether (sulfide) groups is 1. The minimum atomic E-state index is -0.906. The van der Waals surface area contributed by atoms with E-state index in [0.717, 1.165) is 19.3 Å². The van der Waals surface area contributed by atoms with E-state index in [1.807, 2.05) is 25.7 Å². The van der Waals surface area contributed by atoms with Gasteiger partial charge in [-0.3, -0.25) is 9.59 Å². The smallest absolute Gasteiger partial charge is 0.410 e. The second-order valence-electron chi connectivity index (χ2n) is 11.6. The first kappa shape index (κ1) is 27.3. The average molecular weight is 547 g/mol. The second kappa shape index (κ2) is 10.7. The van der Waals surface area contributed by atoms with Crippen molar-refractivity contribution < 1.29 is 28.6 Å². The molecular weight excluding hydrogens is 508 g/mol. The monoisotopic (exact) mass is 546 g/mol. The van der Waals surface area contributed by atoms with Crippen LogP contribution in [-0.4, -0.2) is 94.8 Å². The maximum absolute atomic E-state index is 14.0. The summed E-state index contributed by atoms with van der Waals surface area (Å²) in [5.74, 6) is -0.539. The minimum Gasteiger partial charge on any atom is -0.444 e. The van der Waals surface area contributed by atoms with Crippen LogP contribution in [0.25, 0.3) is 0 Å². The molecule has 1 saturated carbocycles. The Bertz CT molecular complexity index is 1070. The fourth-order valence-electron chi connectivity index (χ4n) is 6.05. The first-order valence-electron chi connectivity index (χ1n) is 13.6. The quantitative estimate of drug-likeness (QED) is 0.413. The van der Waals surface area contributed by atoms with Gasteiger partial charge < -0.3 is 24.0 Å². The topological polar surface area (TPSA) is 111 Å². The molecule has 2 spiro atoms. The number of Topliss-reactive ketones (excluding diaryl/α,β-unsaturated/α-hetero) is 2. The SMILES string of the molecule is CC(C)(C)OC(=O)N1CCCN(c2nccc(C(=O)C3CSCC4(CCCCC45OCCO5)C3=O)n2)CC1. The van der Waals surface area contributed by atoms with Gasteiger partial charge in [0.05, 0.1) is 24.5 Å². The maximum atomic E-state index is 14.0. The zero-order valence-corrected chi connectivity index (χ0v) is 23.4. The average Bonchev–Trinajstić information content (AvgIpc) is 3.21. The molecule has 4 heterocycles. The fourth-order valence-corrected chi connectivity index (χ4v) is 7.56. The molecule has 4 aliphatic rings. The maximum Gasteiger partial charge on any atom is 0.410 e. The van der Waals surface area contributed by atoms with Crippen LogP contribution in [-0.2, 0) is 19.0 Å². The number of amides is 1. The van der Waals surface area contributed by atoms with Crippen molar-refractivity contribution in [3.05, 3.63) is 18.0 Å². The number of carbonyl (C=O) groups excluding carboxylic acids is 3. The number of hydrogen-bond acceptors (Lipinski definition) is 10. The van der Waals surface area contributed by atoms with Crippen LogP contribution in [0.2, 0.25) is 0 Å². The van der Waals surface area contributed by atoms with Gasteiger partial charge in [-0.25, -0.2) is 14.8 Å². The van der Waals surface area contributed by atoms with Gasteiger partial charge in [-0.2, -0.15) is 11.8 Å². The molecule has 3 saturated heterocycles. The van der Waals surface area contributed by atoms with Crippen LogP contribution in [0.1, 0.15) is 63.4 Å². The van der Waals surface area contributed by atoms with Crippen LogP contribution in [0, 0.1) is 11.3 Å². The van der Waals surface area contributed by atoms with Crippen LogP contribution in [0.4, 0.5) is 10.7 Å². The van der Waals surface area contributed by atoms with E-state index in [4.69, 9.17) is 14.2 Å². The molecule has 4 fully saturated rings. The van der Waals surface area contributed by atoms with E-state index in [0.29, 0.717) is 69.7 Å². The van der Waals surface area contributed by atoms with Gasteiger partial charge in [-0.1, -0.05) is 6.42 Å². The lowest BCUT2D eigenvalue weighted by atomic mass is 9.64. The van der Waals surface area contributed by atoms with Gasteiger partial charge in [-0.05, 0) is 46.1 Å². The molecule has 10 nitrogen and oxygen atoms in total. The van der Waals surface area contributed by atoms with Gasteiger partial charge >= 0.3 is 6.09 Å². The van der Waals surface area contributed by atoms with E-state index in [1.54, 1.807) is 28.9 Å². The lowest BCUT2D eigenvalue weighted by molar-refractivity contribution is -0.244. The molecule has 0 aromatic carbocycles. The highest BCUT2D eigenvalue weighted by Crippen LogP contribution is 2.55. The van der Waals surface area contributed by atoms with Crippen molar-refractivity contribution in [1.29, 1.82) is 0 Å². The third-order valence-corrected chi connectivity index (χ3v) is 9.17. The Morgan fingerprint density at radius 3 is 2.61 bits per heavy atom. The number of nitrogens with zero attached hydrogens (tertiary/aromatic N) is 4. The van der Waals surface area contributed by atoms with Gasteiger partial charge in [0.1, 0.15) is 11.3 Å². The summed E-state index contributed by atoms with van der Waals surface area (Å²) in [5.41, 5.74) is -1.10. The van der Waals surface area contributed by atoms with Crippen LogP contribution < -0.4 is 4.90 Å². The van der Waals surface area contributed by atoms with E-state index in [1.165, 1.54) is 0 Å². The molecule has 11 heteroatoms. The number of rotatable bonds is 3. The van der Waals surface area contributed by atoms with E-state index in [-0.39, 0.29) is 23.4 Å². The number of ketones is 2. The highest BCUT2D eigenvalue weighted by atomic mass is 32.2. The Morgan fingerprint density at radius 1 is 1.08 bits per heavy atom. The summed E-state index contributed by atoms with van der Waals surface area (Å²) in [4.78, 5) is 53.0. The Kier molecular flexibility index (Phi) is 7.72. The van der Waals surface area contributed by atoms with E-state index in [9.17, 15) is 14.4 Å². The molecule has 3 aliphatic heterocycles. The standard InChI is InChI=1S/C27H38N4O6S/c1-25(2,3)37-24(34)31-12-6-11-30(13-14-31)23-28-10-7-20(29-23)21(32)19-17-38-18-26(22(19)33)8-4-5-9-27(26)35-15-16-36-27/h7,10,19H,4-6,8-9,11-18H2,1-3H3. The molecule has 0 N–H and O–H groups in total. The number of carbonyl (C=O) groups is 3. The zero-order valence-electron chi connectivity index (χ0n) is 22.6. The summed E-state index contributed by atoms with van der Waals surface area (Å²) < 4.78 is 17.7. The molecule has 208 valence electrons. The molecule has 38 heavy (non-hydrogen) atoms. The van der Waals surface area contributed by atoms with Crippen molar-refractivity contribution in [3.8, 4) is 0 Å². The van der Waals surface area contributed by atoms with Gasteiger partial charge in [-0.15, -0.1) is 0 Å². The zero-order chi connectivity index (χ0) is 27.0. The summed E-state index contributed by atoms with van der Waals surface area (Å²) in [6, 6.07) is 1.59. The Balaban J connectivity index is 1.30. The predicted octanol–water partition coefficient (Wildman–Crippen LogP) is 3.34. The molecule has 1 aromatic rings. The van der Waals surface area contributed by atoms with Gasteiger partial charge in [0, 0.05) is 50.3 Å². The predicted molar refractivity (Wildman–Crippen MR) is 142 cm³/mol. The first-order valence-corrected chi connectivity index (χ1v) is 14.8. The number of anilines is 1. The molecule has 1 amide bonds. The number of fused-ring (bicyclic) bond motifs is 1. The van der Waals surface area contributed by atoms with E-state index in [2.05, 4.69) is 9.97 Å². The molecule has 2 atom stereocenters. The Morgan fingerprint density at radius 2 is 1.84 bits per heavy atom. The van der Waals surface area contributed by atoms with Crippen molar-refractivity contribution >= 4 is 35.4 Å². The van der Waals surface area contributed by atoms with Gasteiger partial charge in [0.2, 0.25) is 5.95 Å². The van der Waals surface area contributed by atoms with Crippen molar-refractivity contribution in [3.63, 3.8) is 0 Å². The molecular formula is C27H38N4O6S. The number of hydrogen-bond donors (Lipinski definition) is 0. The Hall–Kier alpha value is -2.24. The molecule has 0 radical (unpaired) electrons. The van der Waals surface area contributed by atoms with Gasteiger partial charge in [0.15, 0.2) is 17.4 Å². The lowest BCUT2D eigenvalue weighted by Crippen LogP contribution is -2.61. The largest absolute Gasteiger partial charge is 0.444 e. The third kappa shape index (κ3) is 5.16. The van der Waals surface area contributed by atoms with Crippen LogP contribution in [0.15, 0.2) is 12.3 Å². The van der Waals surface area contributed by atoms with Crippen LogP contribution in [0.3, 0.4) is 0 Å². The molecule has 5 rings (SSSR count). The second-order valence-corrected chi connectivity index (χ2v) is 12.6. The van der Waals surface area contributed by atoms with Crippen LogP contribution in [0.5, 0.6) is 0 Å². The third-order valence-electron chi connectivity index (χ3n) is 7.91. The molecule has 2 unspecified atom stereocenters. The summed E-state index contributed by atoms with van der Waals surface area (Å²) in [7, 11) is 0. The minimum absolute atomic E-state index is 0.0641. The summed E-state index contributed by atoms with van der Waals surface area (Å²) >= 11 is 1.63. The summed E-state index contributed by atoms with van der Waals surface area (Å²) in [6.45, 7) is 8.74. The first-order chi connectivity index (χ1) is 18.1. The van der Waals surface area contributed by atoms with Crippen molar-refractivity contribution in [2.75, 3.05) is 55.8 Å². The van der Waals surface area contributed by atoms with E-state index < -0.39 is 22.7 Å². The van der Waals surface area contributed by atoms with Crippen molar-refractivity contribution in [2.24, 2.45) is 11.3 Å². The molecule has 1 aliphatic carbocycles. The molecule has 1 aromatic heterocycles. The normalized spacial score (nSPS) is 28.0. The fraction of sp³-hybridized carbons (Fsp3) is 0.741. The highest BCUT2D eigenvalue weighted by Gasteiger charge is 2.64. The summed E-state index contributed by atoms with van der Waals surface area (Å²) in [5, 5.41) is 0.